The molecule has 0 aromatic carbocycles. The van der Waals surface area contributed by atoms with Crippen molar-refractivity contribution in [3.63, 3.8) is 0 Å². The van der Waals surface area contributed by atoms with E-state index in [9.17, 15) is 4.79 Å². The van der Waals surface area contributed by atoms with E-state index < -0.39 is 0 Å². The highest BCUT2D eigenvalue weighted by Crippen LogP contribution is 2.15. The molecule has 0 aliphatic rings. The molecule has 19 heavy (non-hydrogen) atoms. The van der Waals surface area contributed by atoms with E-state index >= 15 is 0 Å². The molecule has 0 aliphatic heterocycles. The Morgan fingerprint density at radius 1 is 1.05 bits per heavy atom. The molecule has 0 fully saturated rings. The zero-order chi connectivity index (χ0) is 13.5. The Labute approximate surface area is 112 Å². The number of pyridine rings is 2. The van der Waals surface area contributed by atoms with E-state index in [1.54, 1.807) is 6.08 Å². The molecule has 0 radical (unpaired) electrons. The van der Waals surface area contributed by atoms with E-state index in [4.69, 9.17) is 0 Å². The van der Waals surface area contributed by atoms with Gasteiger partial charge in [0.05, 0.1) is 6.54 Å². The van der Waals surface area contributed by atoms with Crippen molar-refractivity contribution in [2.45, 2.75) is 13.0 Å². The summed E-state index contributed by atoms with van der Waals surface area (Å²) in [5, 5.41) is 0. The summed E-state index contributed by atoms with van der Waals surface area (Å²) in [6.07, 6.45) is 10.6. The molecule has 0 atom stereocenters. The number of hydrogen-bond acceptors (Lipinski definition) is 2. The fourth-order valence-electron chi connectivity index (χ4n) is 1.87. The maximum absolute atomic E-state index is 9.94. The molecule has 0 aliphatic carbocycles. The number of isocyanates is 1. The van der Waals surface area contributed by atoms with E-state index in [-0.39, 0.29) is 0 Å². The van der Waals surface area contributed by atoms with Gasteiger partial charge in [0.25, 0.3) is 0 Å². The lowest BCUT2D eigenvalue weighted by atomic mass is 10.1. The Morgan fingerprint density at radius 3 is 2.21 bits per heavy atom. The summed E-state index contributed by atoms with van der Waals surface area (Å²) in [7, 11) is 2.00. The average molecular weight is 255 g/mol. The summed E-state index contributed by atoms with van der Waals surface area (Å²) in [5.41, 5.74) is 2.40. The lowest BCUT2D eigenvalue weighted by Gasteiger charge is -1.99. The number of rotatable bonds is 5. The molecule has 0 bridgehead atoms. The average Bonchev–Trinajstić information content (AvgIpc) is 2.45. The van der Waals surface area contributed by atoms with Crippen LogP contribution in [0, 0.1) is 0 Å². The smallest absolute Gasteiger partial charge is 0.211 e. The van der Waals surface area contributed by atoms with Gasteiger partial charge < -0.3 is 0 Å². The minimum absolute atomic E-state index is 0.535. The van der Waals surface area contributed by atoms with E-state index in [1.165, 1.54) is 11.1 Å². The van der Waals surface area contributed by atoms with Crippen LogP contribution < -0.4 is 9.13 Å². The van der Waals surface area contributed by atoms with Crippen LogP contribution in [0.1, 0.15) is 6.42 Å². The molecule has 0 spiro atoms. The Hall–Kier alpha value is -2.32. The monoisotopic (exact) mass is 255 g/mol. The van der Waals surface area contributed by atoms with Gasteiger partial charge in [-0.05, 0) is 11.1 Å². The van der Waals surface area contributed by atoms with Gasteiger partial charge in [0.2, 0.25) is 6.08 Å². The predicted octanol–water partition coefficient (Wildman–Crippen LogP) is 1.19. The molecular formula is C15H17N3O+2. The fraction of sp³-hybridized carbons (Fsp3) is 0.267. The largest absolute Gasteiger partial charge is 0.234 e. The number of aromatic nitrogens is 2. The maximum atomic E-state index is 9.94. The van der Waals surface area contributed by atoms with Crippen LogP contribution in [0.5, 0.6) is 0 Å². The lowest BCUT2D eigenvalue weighted by Crippen LogP contribution is -2.32. The van der Waals surface area contributed by atoms with Crippen LogP contribution >= 0.6 is 0 Å². The van der Waals surface area contributed by atoms with Crippen molar-refractivity contribution >= 4 is 6.08 Å². The first kappa shape index (κ1) is 13.1. The third-order valence-electron chi connectivity index (χ3n) is 2.95. The Bertz CT molecular complexity index is 569. The summed E-state index contributed by atoms with van der Waals surface area (Å²) < 4.78 is 4.10. The highest BCUT2D eigenvalue weighted by molar-refractivity contribution is 5.60. The molecule has 0 amide bonds. The van der Waals surface area contributed by atoms with Gasteiger partial charge in [0, 0.05) is 30.7 Å². The topological polar surface area (TPSA) is 37.2 Å². The van der Waals surface area contributed by atoms with Gasteiger partial charge in [-0.3, -0.25) is 0 Å². The maximum Gasteiger partial charge on any atom is 0.234 e. The van der Waals surface area contributed by atoms with Crippen molar-refractivity contribution in [2.75, 3.05) is 6.54 Å². The molecule has 2 rings (SSSR count). The first-order valence-electron chi connectivity index (χ1n) is 6.28. The van der Waals surface area contributed by atoms with Gasteiger partial charge in [-0.2, -0.15) is 0 Å². The summed E-state index contributed by atoms with van der Waals surface area (Å²) in [6, 6.07) is 8.38. The number of carbonyl (C=O) groups excluding carboxylic acids is 1. The van der Waals surface area contributed by atoms with E-state index in [0.717, 1.165) is 13.0 Å². The molecule has 2 heterocycles. The van der Waals surface area contributed by atoms with Gasteiger partial charge in [-0.15, -0.1) is 0 Å². The van der Waals surface area contributed by atoms with Gasteiger partial charge in [0.15, 0.2) is 24.8 Å². The quantitative estimate of drug-likeness (QED) is 0.342. The molecule has 0 saturated heterocycles. The van der Waals surface area contributed by atoms with Crippen molar-refractivity contribution in [1.29, 1.82) is 0 Å². The third-order valence-corrected chi connectivity index (χ3v) is 2.95. The van der Waals surface area contributed by atoms with Crippen molar-refractivity contribution in [1.82, 2.24) is 0 Å². The van der Waals surface area contributed by atoms with Crippen LogP contribution in [0.25, 0.3) is 11.1 Å². The van der Waals surface area contributed by atoms with Crippen LogP contribution in [0.15, 0.2) is 54.0 Å². The zero-order valence-electron chi connectivity index (χ0n) is 11.0. The van der Waals surface area contributed by atoms with Crippen molar-refractivity contribution in [3.8, 4) is 11.1 Å². The lowest BCUT2D eigenvalue weighted by molar-refractivity contribution is -0.697. The highest BCUT2D eigenvalue weighted by Gasteiger charge is 2.03. The van der Waals surface area contributed by atoms with E-state index in [1.807, 2.05) is 36.4 Å². The standard InChI is InChI=1S/C15H17N3O/c1-17-9-3-14(4-10-17)15-5-11-18(12-6-15)8-2-7-16-13-19/h3-6,9-12H,2,7-8H2,1H3/q+2. The molecule has 0 N–H and O–H groups in total. The zero-order valence-corrected chi connectivity index (χ0v) is 11.0. The second kappa shape index (κ2) is 6.57. The Morgan fingerprint density at radius 2 is 1.63 bits per heavy atom. The minimum atomic E-state index is 0.535. The van der Waals surface area contributed by atoms with E-state index in [2.05, 4.69) is 33.8 Å². The molecule has 4 nitrogen and oxygen atoms in total. The summed E-state index contributed by atoms with van der Waals surface area (Å²) in [5.74, 6) is 0. The third kappa shape index (κ3) is 3.83. The van der Waals surface area contributed by atoms with Crippen LogP contribution in [0.4, 0.5) is 0 Å². The molecular weight excluding hydrogens is 238 g/mol. The number of hydrogen-bond donors (Lipinski definition) is 0. The molecule has 2 aromatic heterocycles. The molecule has 4 heteroatoms. The summed E-state index contributed by atoms with van der Waals surface area (Å²) >= 11 is 0. The summed E-state index contributed by atoms with van der Waals surface area (Å²) in [4.78, 5) is 13.5. The molecule has 0 saturated carbocycles. The number of aryl methyl sites for hydroxylation is 2. The van der Waals surface area contributed by atoms with E-state index in [0.29, 0.717) is 6.54 Å². The molecule has 0 unspecified atom stereocenters. The normalized spacial score (nSPS) is 9.95. The Balaban J connectivity index is 2.01. The van der Waals surface area contributed by atoms with Crippen molar-refractivity contribution < 1.29 is 13.9 Å². The van der Waals surface area contributed by atoms with Crippen molar-refractivity contribution in [3.05, 3.63) is 49.1 Å². The molecule has 2 aromatic rings. The van der Waals surface area contributed by atoms with Gasteiger partial charge in [0.1, 0.15) is 13.6 Å². The predicted molar refractivity (Wildman–Crippen MR) is 70.9 cm³/mol. The Kier molecular flexibility index (Phi) is 4.54. The van der Waals surface area contributed by atoms with Crippen LogP contribution in [0.3, 0.4) is 0 Å². The SMILES string of the molecule is C[n+]1ccc(-c2cc[n+](CCCN=C=O)cc2)cc1. The highest BCUT2D eigenvalue weighted by atomic mass is 16.1. The van der Waals surface area contributed by atoms with Crippen LogP contribution in [-0.2, 0) is 18.4 Å². The van der Waals surface area contributed by atoms with Crippen LogP contribution in [0.2, 0.25) is 0 Å². The second-order valence-electron chi connectivity index (χ2n) is 4.40. The molecule has 96 valence electrons. The van der Waals surface area contributed by atoms with Crippen molar-refractivity contribution in [2.24, 2.45) is 12.0 Å². The minimum Gasteiger partial charge on any atom is -0.211 e. The summed E-state index contributed by atoms with van der Waals surface area (Å²) in [6.45, 7) is 1.39. The number of nitrogens with zero attached hydrogens (tertiary/aromatic N) is 3. The van der Waals surface area contributed by atoms with Gasteiger partial charge in [-0.1, -0.05) is 0 Å². The van der Waals surface area contributed by atoms with Gasteiger partial charge >= 0.3 is 0 Å². The number of aliphatic imine (C=N–C) groups is 1. The first-order chi connectivity index (χ1) is 9.29. The van der Waals surface area contributed by atoms with Crippen LogP contribution in [-0.4, -0.2) is 12.6 Å². The van der Waals surface area contributed by atoms with Gasteiger partial charge in [-0.25, -0.2) is 18.9 Å². The fourth-order valence-corrected chi connectivity index (χ4v) is 1.87. The second-order valence-corrected chi connectivity index (χ2v) is 4.40. The first-order valence-corrected chi connectivity index (χ1v) is 6.28.